The van der Waals surface area contributed by atoms with Crippen molar-refractivity contribution in [1.29, 1.82) is 0 Å². The lowest BCUT2D eigenvalue weighted by molar-refractivity contribution is -0.130. The standard InChI is InChI=1S/C19H22N2O4S/c1-13-10-11-15(12-16(13)26(4,24)25)18(22)20-17(19(23)21(2)3)14-8-6-5-7-9-14/h5-12,17H,1-4H3,(H,20,22)/t17-/m0/s1. The lowest BCUT2D eigenvalue weighted by atomic mass is 10.0. The number of nitrogens with zero attached hydrogens (tertiary/aromatic N) is 1. The third-order valence-corrected chi connectivity index (χ3v) is 5.18. The molecule has 2 aromatic rings. The summed E-state index contributed by atoms with van der Waals surface area (Å²) in [5.41, 5.74) is 1.39. The average Bonchev–Trinajstić information content (AvgIpc) is 2.58. The minimum absolute atomic E-state index is 0.0975. The molecule has 0 unspecified atom stereocenters. The Labute approximate surface area is 153 Å². The van der Waals surface area contributed by atoms with E-state index < -0.39 is 21.8 Å². The van der Waals surface area contributed by atoms with E-state index >= 15 is 0 Å². The van der Waals surface area contributed by atoms with Crippen molar-refractivity contribution >= 4 is 21.7 Å². The second-order valence-corrected chi connectivity index (χ2v) is 8.29. The molecule has 0 spiro atoms. The number of rotatable bonds is 5. The number of carbonyl (C=O) groups is 2. The average molecular weight is 374 g/mol. The summed E-state index contributed by atoms with van der Waals surface area (Å²) < 4.78 is 23.8. The highest BCUT2D eigenvalue weighted by molar-refractivity contribution is 7.90. The van der Waals surface area contributed by atoms with Crippen molar-refractivity contribution in [2.45, 2.75) is 17.9 Å². The van der Waals surface area contributed by atoms with Crippen LogP contribution in [-0.4, -0.2) is 45.5 Å². The Morgan fingerprint density at radius 1 is 1.04 bits per heavy atom. The van der Waals surface area contributed by atoms with Crippen LogP contribution < -0.4 is 5.32 Å². The summed E-state index contributed by atoms with van der Waals surface area (Å²) in [6, 6.07) is 12.5. The molecule has 0 aliphatic heterocycles. The maximum absolute atomic E-state index is 12.7. The quantitative estimate of drug-likeness (QED) is 0.867. The minimum Gasteiger partial charge on any atom is -0.347 e. The van der Waals surface area contributed by atoms with Gasteiger partial charge in [-0.3, -0.25) is 9.59 Å². The molecule has 26 heavy (non-hydrogen) atoms. The molecule has 7 heteroatoms. The van der Waals surface area contributed by atoms with E-state index in [1.165, 1.54) is 11.0 Å². The normalized spacial score (nSPS) is 12.3. The number of nitrogens with one attached hydrogen (secondary N) is 1. The molecule has 1 atom stereocenters. The van der Waals surface area contributed by atoms with Gasteiger partial charge in [0.05, 0.1) is 4.90 Å². The number of hydrogen-bond acceptors (Lipinski definition) is 4. The Kier molecular flexibility index (Phi) is 5.82. The molecule has 138 valence electrons. The van der Waals surface area contributed by atoms with Gasteiger partial charge in [-0.1, -0.05) is 36.4 Å². The monoisotopic (exact) mass is 374 g/mol. The SMILES string of the molecule is Cc1ccc(C(=O)N[C@H](C(=O)N(C)C)c2ccccc2)cc1S(C)(=O)=O. The number of sulfone groups is 1. The van der Waals surface area contributed by atoms with E-state index in [0.29, 0.717) is 11.1 Å². The molecule has 6 nitrogen and oxygen atoms in total. The van der Waals surface area contributed by atoms with E-state index in [1.807, 2.05) is 6.07 Å². The molecule has 2 amide bonds. The molecular weight excluding hydrogens is 352 g/mol. The fourth-order valence-electron chi connectivity index (χ4n) is 2.55. The van der Waals surface area contributed by atoms with Crippen LogP contribution in [0.1, 0.15) is 27.5 Å². The van der Waals surface area contributed by atoms with Gasteiger partial charge in [-0.15, -0.1) is 0 Å². The van der Waals surface area contributed by atoms with E-state index in [9.17, 15) is 18.0 Å². The Bertz CT molecular complexity index is 922. The van der Waals surface area contributed by atoms with E-state index in [2.05, 4.69) is 5.32 Å². The maximum Gasteiger partial charge on any atom is 0.252 e. The molecule has 1 N–H and O–H groups in total. The molecular formula is C19H22N2O4S. The first-order valence-corrected chi connectivity index (χ1v) is 9.88. The van der Waals surface area contributed by atoms with Gasteiger partial charge in [0.1, 0.15) is 6.04 Å². The zero-order chi connectivity index (χ0) is 19.5. The number of benzene rings is 2. The molecule has 0 aromatic heterocycles. The molecule has 0 aliphatic rings. The fraction of sp³-hybridized carbons (Fsp3) is 0.263. The van der Waals surface area contributed by atoms with Gasteiger partial charge in [-0.05, 0) is 30.2 Å². The van der Waals surface area contributed by atoms with Gasteiger partial charge in [-0.2, -0.15) is 0 Å². The predicted octanol–water partition coefficient (Wildman–Crippen LogP) is 1.96. The number of aryl methyl sites for hydroxylation is 1. The molecule has 0 aliphatic carbocycles. The molecule has 0 saturated heterocycles. The van der Waals surface area contributed by atoms with Gasteiger partial charge < -0.3 is 10.2 Å². The molecule has 2 rings (SSSR count). The van der Waals surface area contributed by atoms with Gasteiger partial charge in [0.25, 0.3) is 5.91 Å². The summed E-state index contributed by atoms with van der Waals surface area (Å²) in [5.74, 6) is -0.793. The first-order chi connectivity index (χ1) is 12.1. The summed E-state index contributed by atoms with van der Waals surface area (Å²) in [5, 5.41) is 2.70. The maximum atomic E-state index is 12.7. The van der Waals surface area contributed by atoms with Crippen LogP contribution in [0.25, 0.3) is 0 Å². The van der Waals surface area contributed by atoms with Crippen molar-refractivity contribution in [2.75, 3.05) is 20.4 Å². The van der Waals surface area contributed by atoms with Crippen LogP contribution >= 0.6 is 0 Å². The Hall–Kier alpha value is -2.67. The van der Waals surface area contributed by atoms with Crippen molar-refractivity contribution in [2.24, 2.45) is 0 Å². The third-order valence-electron chi connectivity index (χ3n) is 3.95. The van der Waals surface area contributed by atoms with Crippen molar-refractivity contribution < 1.29 is 18.0 Å². The first-order valence-electron chi connectivity index (χ1n) is 7.99. The molecule has 0 radical (unpaired) electrons. The summed E-state index contributed by atoms with van der Waals surface area (Å²) in [4.78, 5) is 26.7. The van der Waals surface area contributed by atoms with Crippen LogP contribution in [0.3, 0.4) is 0 Å². The minimum atomic E-state index is -3.46. The van der Waals surface area contributed by atoms with Gasteiger partial charge >= 0.3 is 0 Å². The lowest BCUT2D eigenvalue weighted by Gasteiger charge is -2.22. The van der Waals surface area contributed by atoms with Crippen LogP contribution in [0.4, 0.5) is 0 Å². The molecule has 0 saturated carbocycles. The predicted molar refractivity (Wildman–Crippen MR) is 99.6 cm³/mol. The van der Waals surface area contributed by atoms with Gasteiger partial charge in [0, 0.05) is 25.9 Å². The van der Waals surface area contributed by atoms with Gasteiger partial charge in [0.15, 0.2) is 9.84 Å². The Morgan fingerprint density at radius 2 is 1.65 bits per heavy atom. The third kappa shape index (κ3) is 4.49. The zero-order valence-electron chi connectivity index (χ0n) is 15.2. The lowest BCUT2D eigenvalue weighted by Crippen LogP contribution is -2.39. The Balaban J connectivity index is 2.38. The number of amides is 2. The van der Waals surface area contributed by atoms with E-state index in [-0.39, 0.29) is 16.4 Å². The molecule has 0 bridgehead atoms. The Morgan fingerprint density at radius 3 is 2.19 bits per heavy atom. The second-order valence-electron chi connectivity index (χ2n) is 6.30. The van der Waals surface area contributed by atoms with Crippen LogP contribution in [0.15, 0.2) is 53.4 Å². The molecule has 2 aromatic carbocycles. The number of hydrogen-bond donors (Lipinski definition) is 1. The van der Waals surface area contributed by atoms with Gasteiger partial charge in [0.2, 0.25) is 5.91 Å². The summed E-state index contributed by atoms with van der Waals surface area (Å²) in [7, 11) is -0.237. The number of carbonyl (C=O) groups excluding carboxylic acids is 2. The molecule has 0 heterocycles. The van der Waals surface area contributed by atoms with Crippen molar-refractivity contribution in [3.63, 3.8) is 0 Å². The van der Waals surface area contributed by atoms with Crippen LogP contribution in [-0.2, 0) is 14.6 Å². The topological polar surface area (TPSA) is 83.6 Å². The highest BCUT2D eigenvalue weighted by Crippen LogP contribution is 2.19. The number of likely N-dealkylation sites (N-methyl/N-ethyl adjacent to an activating group) is 1. The highest BCUT2D eigenvalue weighted by Gasteiger charge is 2.25. The van der Waals surface area contributed by atoms with Crippen molar-refractivity contribution in [1.82, 2.24) is 10.2 Å². The fourth-order valence-corrected chi connectivity index (χ4v) is 3.54. The highest BCUT2D eigenvalue weighted by atomic mass is 32.2. The van der Waals surface area contributed by atoms with Crippen molar-refractivity contribution in [3.8, 4) is 0 Å². The van der Waals surface area contributed by atoms with Crippen molar-refractivity contribution in [3.05, 3.63) is 65.2 Å². The van der Waals surface area contributed by atoms with Crippen LogP contribution in [0, 0.1) is 6.92 Å². The smallest absolute Gasteiger partial charge is 0.252 e. The second kappa shape index (κ2) is 7.70. The largest absolute Gasteiger partial charge is 0.347 e. The summed E-state index contributed by atoms with van der Waals surface area (Å²) >= 11 is 0. The van der Waals surface area contributed by atoms with E-state index in [1.54, 1.807) is 57.4 Å². The first kappa shape index (κ1) is 19.7. The van der Waals surface area contributed by atoms with Crippen LogP contribution in [0.2, 0.25) is 0 Å². The van der Waals surface area contributed by atoms with Gasteiger partial charge in [-0.25, -0.2) is 8.42 Å². The van der Waals surface area contributed by atoms with Crippen LogP contribution in [0.5, 0.6) is 0 Å². The zero-order valence-corrected chi connectivity index (χ0v) is 16.0. The van der Waals surface area contributed by atoms with E-state index in [4.69, 9.17) is 0 Å². The summed E-state index contributed by atoms with van der Waals surface area (Å²) in [6.07, 6.45) is 1.10. The van der Waals surface area contributed by atoms with E-state index in [0.717, 1.165) is 6.26 Å². The molecule has 0 fully saturated rings. The summed E-state index contributed by atoms with van der Waals surface area (Å²) in [6.45, 7) is 1.67.